The van der Waals surface area contributed by atoms with Crippen LogP contribution in [0.2, 0.25) is 0 Å². The fourth-order valence-corrected chi connectivity index (χ4v) is 3.65. The van der Waals surface area contributed by atoms with Crippen LogP contribution in [0.5, 0.6) is 0 Å². The van der Waals surface area contributed by atoms with Crippen LogP contribution in [-0.2, 0) is 5.88 Å². The highest BCUT2D eigenvalue weighted by atomic mass is 79.9. The molecule has 2 unspecified atom stereocenters. The number of nitrogens with zero attached hydrogens (tertiary/aromatic N) is 2. The van der Waals surface area contributed by atoms with Crippen molar-refractivity contribution < 1.29 is 0 Å². The normalized spacial score (nSPS) is 20.9. The first kappa shape index (κ1) is 13.4. The predicted octanol–water partition coefficient (Wildman–Crippen LogP) is 5.27. The molecule has 1 aliphatic carbocycles. The summed E-state index contributed by atoms with van der Waals surface area (Å²) in [5.41, 5.74) is 3.60. The van der Waals surface area contributed by atoms with Crippen LogP contribution in [0.25, 0.3) is 11.0 Å². The molecule has 1 saturated carbocycles. The highest BCUT2D eigenvalue weighted by Crippen LogP contribution is 2.53. The van der Waals surface area contributed by atoms with Crippen LogP contribution in [0.3, 0.4) is 0 Å². The molecule has 4 heteroatoms. The van der Waals surface area contributed by atoms with Gasteiger partial charge in [-0.3, -0.25) is 0 Å². The quantitative estimate of drug-likeness (QED) is 0.581. The standard InChI is InChI=1S/C17H14BrClN2/c18-12-6-7-15-14(8-12)20-17(10-19)21(15)16-9-13(16)11-4-2-1-3-5-11/h1-8,13,16H,9-10H2. The second-order valence-electron chi connectivity index (χ2n) is 5.48. The predicted molar refractivity (Wildman–Crippen MR) is 89.8 cm³/mol. The molecule has 2 aromatic carbocycles. The summed E-state index contributed by atoms with van der Waals surface area (Å²) in [6, 6.07) is 17.4. The molecule has 0 amide bonds. The Bertz CT molecular complexity index is 797. The summed E-state index contributed by atoms with van der Waals surface area (Å²) in [5, 5.41) is 0. The molecule has 0 N–H and O–H groups in total. The van der Waals surface area contributed by atoms with Gasteiger partial charge in [0.1, 0.15) is 5.82 Å². The van der Waals surface area contributed by atoms with Gasteiger partial charge in [-0.15, -0.1) is 11.6 Å². The first-order valence-electron chi connectivity index (χ1n) is 7.05. The van der Waals surface area contributed by atoms with Crippen LogP contribution in [0.4, 0.5) is 0 Å². The van der Waals surface area contributed by atoms with E-state index in [9.17, 15) is 0 Å². The second kappa shape index (κ2) is 5.15. The van der Waals surface area contributed by atoms with E-state index in [2.05, 4.69) is 74.0 Å². The van der Waals surface area contributed by atoms with Crippen LogP contribution in [0.1, 0.15) is 29.8 Å². The molecule has 106 valence electrons. The lowest BCUT2D eigenvalue weighted by molar-refractivity contribution is 0.706. The van der Waals surface area contributed by atoms with Crippen molar-refractivity contribution in [1.29, 1.82) is 0 Å². The van der Waals surface area contributed by atoms with E-state index >= 15 is 0 Å². The smallest absolute Gasteiger partial charge is 0.125 e. The lowest BCUT2D eigenvalue weighted by Crippen LogP contribution is -2.01. The van der Waals surface area contributed by atoms with Gasteiger partial charge in [0.25, 0.3) is 0 Å². The van der Waals surface area contributed by atoms with Crippen molar-refractivity contribution >= 4 is 38.6 Å². The van der Waals surface area contributed by atoms with Crippen molar-refractivity contribution in [3.05, 3.63) is 64.4 Å². The molecule has 1 fully saturated rings. The van der Waals surface area contributed by atoms with Gasteiger partial charge in [-0.2, -0.15) is 0 Å². The Balaban J connectivity index is 1.77. The molecule has 21 heavy (non-hydrogen) atoms. The highest BCUT2D eigenvalue weighted by Gasteiger charge is 2.41. The lowest BCUT2D eigenvalue weighted by atomic mass is 10.1. The van der Waals surface area contributed by atoms with Gasteiger partial charge in [0.2, 0.25) is 0 Å². The monoisotopic (exact) mass is 360 g/mol. The van der Waals surface area contributed by atoms with Crippen LogP contribution < -0.4 is 0 Å². The van der Waals surface area contributed by atoms with E-state index in [0.29, 0.717) is 17.8 Å². The average molecular weight is 362 g/mol. The van der Waals surface area contributed by atoms with Crippen LogP contribution in [0.15, 0.2) is 53.0 Å². The minimum Gasteiger partial charge on any atom is -0.323 e. The number of imidazole rings is 1. The number of halogens is 2. The van der Waals surface area contributed by atoms with Crippen molar-refractivity contribution in [2.75, 3.05) is 0 Å². The molecular weight excluding hydrogens is 348 g/mol. The number of benzene rings is 2. The molecule has 2 nitrogen and oxygen atoms in total. The van der Waals surface area contributed by atoms with Crippen molar-refractivity contribution in [1.82, 2.24) is 9.55 Å². The number of hydrogen-bond donors (Lipinski definition) is 0. The summed E-state index contributed by atoms with van der Waals surface area (Å²) in [6.45, 7) is 0. The second-order valence-corrected chi connectivity index (χ2v) is 6.67. The SMILES string of the molecule is ClCc1nc2cc(Br)ccc2n1C1CC1c1ccccc1. The third kappa shape index (κ3) is 2.29. The third-order valence-electron chi connectivity index (χ3n) is 4.16. The van der Waals surface area contributed by atoms with Crippen LogP contribution in [0, 0.1) is 0 Å². The maximum absolute atomic E-state index is 6.11. The fourth-order valence-electron chi connectivity index (χ4n) is 3.11. The highest BCUT2D eigenvalue weighted by molar-refractivity contribution is 9.10. The Hall–Kier alpha value is -1.32. The van der Waals surface area contributed by atoms with Gasteiger partial charge in [0, 0.05) is 16.4 Å². The average Bonchev–Trinajstić information content (AvgIpc) is 3.22. The molecule has 4 rings (SSSR count). The number of aromatic nitrogens is 2. The summed E-state index contributed by atoms with van der Waals surface area (Å²) >= 11 is 9.62. The Morgan fingerprint density at radius 1 is 1.19 bits per heavy atom. The van der Waals surface area contributed by atoms with E-state index in [1.165, 1.54) is 11.1 Å². The molecule has 0 aliphatic heterocycles. The minimum atomic E-state index is 0.449. The van der Waals surface area contributed by atoms with E-state index in [4.69, 9.17) is 11.6 Å². The number of rotatable bonds is 3. The Morgan fingerprint density at radius 2 is 2.00 bits per heavy atom. The number of hydrogen-bond acceptors (Lipinski definition) is 1. The minimum absolute atomic E-state index is 0.449. The zero-order valence-electron chi connectivity index (χ0n) is 11.3. The Kier molecular flexibility index (Phi) is 3.27. The molecule has 2 atom stereocenters. The topological polar surface area (TPSA) is 17.8 Å². The van der Waals surface area contributed by atoms with Crippen molar-refractivity contribution in [3.8, 4) is 0 Å². The third-order valence-corrected chi connectivity index (χ3v) is 4.89. The molecule has 1 heterocycles. The van der Waals surface area contributed by atoms with Gasteiger partial charge < -0.3 is 4.57 Å². The maximum Gasteiger partial charge on any atom is 0.125 e. The largest absolute Gasteiger partial charge is 0.323 e. The summed E-state index contributed by atoms with van der Waals surface area (Å²) in [7, 11) is 0. The Morgan fingerprint density at radius 3 is 2.76 bits per heavy atom. The van der Waals surface area contributed by atoms with Crippen molar-refractivity contribution in [2.45, 2.75) is 24.3 Å². The summed E-state index contributed by atoms with van der Waals surface area (Å²) in [6.07, 6.45) is 1.16. The van der Waals surface area contributed by atoms with E-state index in [1.807, 2.05) is 0 Å². The van der Waals surface area contributed by atoms with Gasteiger partial charge in [0.05, 0.1) is 16.9 Å². The molecule has 0 radical (unpaired) electrons. The molecule has 1 aromatic heterocycles. The molecule has 0 spiro atoms. The van der Waals surface area contributed by atoms with Gasteiger partial charge >= 0.3 is 0 Å². The van der Waals surface area contributed by atoms with Crippen molar-refractivity contribution in [3.63, 3.8) is 0 Å². The van der Waals surface area contributed by atoms with Gasteiger partial charge in [-0.05, 0) is 30.2 Å². The zero-order chi connectivity index (χ0) is 14.4. The van der Waals surface area contributed by atoms with Crippen LogP contribution >= 0.6 is 27.5 Å². The Labute approximate surface area is 136 Å². The van der Waals surface area contributed by atoms with E-state index in [0.717, 1.165) is 22.2 Å². The van der Waals surface area contributed by atoms with Gasteiger partial charge in [-0.25, -0.2) is 4.98 Å². The maximum atomic E-state index is 6.11. The summed E-state index contributed by atoms with van der Waals surface area (Å²) in [5.74, 6) is 1.99. The fraction of sp³-hybridized carbons (Fsp3) is 0.235. The molecule has 0 bridgehead atoms. The summed E-state index contributed by atoms with van der Waals surface area (Å²) in [4.78, 5) is 4.68. The van der Waals surface area contributed by atoms with E-state index < -0.39 is 0 Å². The summed E-state index contributed by atoms with van der Waals surface area (Å²) < 4.78 is 3.38. The van der Waals surface area contributed by atoms with E-state index in [1.54, 1.807) is 0 Å². The molecule has 1 aliphatic rings. The number of fused-ring (bicyclic) bond motifs is 1. The first-order valence-corrected chi connectivity index (χ1v) is 8.38. The molecule has 3 aromatic rings. The molecular formula is C17H14BrClN2. The van der Waals surface area contributed by atoms with Crippen molar-refractivity contribution in [2.24, 2.45) is 0 Å². The number of alkyl halides is 1. The molecule has 0 saturated heterocycles. The van der Waals surface area contributed by atoms with E-state index in [-0.39, 0.29) is 0 Å². The zero-order valence-corrected chi connectivity index (χ0v) is 13.7. The van der Waals surface area contributed by atoms with Gasteiger partial charge in [-0.1, -0.05) is 46.3 Å². The first-order chi connectivity index (χ1) is 10.3. The van der Waals surface area contributed by atoms with Crippen LogP contribution in [-0.4, -0.2) is 9.55 Å². The van der Waals surface area contributed by atoms with Gasteiger partial charge in [0.15, 0.2) is 0 Å². The lowest BCUT2D eigenvalue weighted by Gasteiger charge is -2.07.